The van der Waals surface area contributed by atoms with Gasteiger partial charge in [-0.3, -0.25) is 9.69 Å². The van der Waals surface area contributed by atoms with E-state index in [0.717, 1.165) is 43.5 Å². The largest absolute Gasteiger partial charge is 0.497 e. The van der Waals surface area contributed by atoms with Gasteiger partial charge in [0.05, 0.1) is 40.4 Å². The van der Waals surface area contributed by atoms with Crippen molar-refractivity contribution in [2.75, 3.05) is 34.1 Å². The molecule has 10 nitrogen and oxygen atoms in total. The molecule has 1 aromatic carbocycles. The molecule has 2 N–H and O–H groups in total. The minimum atomic E-state index is -2.30. The van der Waals surface area contributed by atoms with Crippen molar-refractivity contribution in [1.82, 2.24) is 4.90 Å². The summed E-state index contributed by atoms with van der Waals surface area (Å²) in [5.41, 5.74) is -1.82. The molecule has 4 aliphatic rings. The predicted molar refractivity (Wildman–Crippen MR) is 139 cm³/mol. The third-order valence-electron chi connectivity index (χ3n) is 8.53. The lowest BCUT2D eigenvalue weighted by Crippen LogP contribution is -2.49. The Labute approximate surface area is 231 Å². The van der Waals surface area contributed by atoms with E-state index in [1.807, 2.05) is 18.2 Å². The number of aliphatic hydroxyl groups is 2. The van der Waals surface area contributed by atoms with E-state index in [4.69, 9.17) is 21.7 Å². The molecule has 10 heteroatoms. The molecule has 1 fully saturated rings. The molecule has 0 bridgehead atoms. The minimum absolute atomic E-state index is 0.130. The van der Waals surface area contributed by atoms with Gasteiger partial charge in [-0.2, -0.15) is 0 Å². The van der Waals surface area contributed by atoms with Crippen LogP contribution in [0.1, 0.15) is 72.2 Å². The molecule has 2 unspecified atom stereocenters. The number of hydrogen-bond acceptors (Lipinski definition) is 10. The van der Waals surface area contributed by atoms with Gasteiger partial charge in [-0.15, -0.1) is 0 Å². The van der Waals surface area contributed by atoms with Crippen LogP contribution < -0.4 is 9.47 Å². The van der Waals surface area contributed by atoms with Gasteiger partial charge in [0.2, 0.25) is 6.79 Å². The van der Waals surface area contributed by atoms with E-state index in [2.05, 4.69) is 9.64 Å². The number of ether oxygens (including phenoxy) is 5. The van der Waals surface area contributed by atoms with Crippen molar-refractivity contribution in [3.8, 4) is 11.5 Å². The van der Waals surface area contributed by atoms with Gasteiger partial charge in [0, 0.05) is 6.54 Å². The van der Waals surface area contributed by atoms with Crippen LogP contribution in [-0.2, 0) is 30.2 Å². The fourth-order valence-corrected chi connectivity index (χ4v) is 6.68. The van der Waals surface area contributed by atoms with Gasteiger partial charge < -0.3 is 33.9 Å². The van der Waals surface area contributed by atoms with Gasteiger partial charge in [-0.05, 0) is 88.3 Å². The Morgan fingerprint density at radius 2 is 1.97 bits per heavy atom. The van der Waals surface area contributed by atoms with E-state index in [-0.39, 0.29) is 32.0 Å². The molecule has 0 aromatic heterocycles. The van der Waals surface area contributed by atoms with Gasteiger partial charge >= 0.3 is 11.9 Å². The van der Waals surface area contributed by atoms with Crippen molar-refractivity contribution in [3.05, 3.63) is 35.1 Å². The summed E-state index contributed by atoms with van der Waals surface area (Å²) in [6.45, 7) is 5.02. The van der Waals surface area contributed by atoms with Crippen LogP contribution in [0.25, 0.3) is 0 Å². The van der Waals surface area contributed by atoms with E-state index in [9.17, 15) is 19.8 Å². The second-order valence-corrected chi connectivity index (χ2v) is 11.7. The molecule has 3 aliphatic heterocycles. The third kappa shape index (κ3) is 5.10. The van der Waals surface area contributed by atoms with Gasteiger partial charge in [-0.25, -0.2) is 4.79 Å². The van der Waals surface area contributed by atoms with E-state index < -0.39 is 48.3 Å². The highest BCUT2D eigenvalue weighted by Crippen LogP contribution is 2.55. The molecule has 5 rings (SSSR count). The molecule has 1 aliphatic carbocycles. The number of benzene rings is 1. The molecule has 3 heterocycles. The quantitative estimate of drug-likeness (QED) is 0.446. The normalized spacial score (nSPS) is 27.8. The van der Waals surface area contributed by atoms with Crippen LogP contribution in [0.15, 0.2) is 24.0 Å². The second-order valence-electron chi connectivity index (χ2n) is 11.7. The minimum Gasteiger partial charge on any atom is -0.497 e. The van der Waals surface area contributed by atoms with Gasteiger partial charge in [0.1, 0.15) is 5.76 Å². The monoisotopic (exact) mass is 547 g/mol. The predicted octanol–water partition coefficient (Wildman–Crippen LogP) is 2.58. The van der Waals surface area contributed by atoms with Crippen LogP contribution in [0.5, 0.6) is 11.5 Å². The topological polar surface area (TPSA) is 124 Å². The average molecular weight is 548 g/mol. The van der Waals surface area contributed by atoms with Crippen molar-refractivity contribution in [1.29, 1.82) is 0 Å². The number of fused-ring (bicyclic) bond motifs is 3. The Bertz CT molecular complexity index is 1220. The summed E-state index contributed by atoms with van der Waals surface area (Å²) in [5, 5.41) is 21.7. The molecule has 214 valence electrons. The first-order valence-electron chi connectivity index (χ1n) is 14.6. The Kier molecular flexibility index (Phi) is 6.64. The summed E-state index contributed by atoms with van der Waals surface area (Å²) < 4.78 is 42.3. The van der Waals surface area contributed by atoms with Gasteiger partial charge in [-0.1, -0.05) is 0 Å². The number of carbonyl (C=O) groups is 2. The zero-order valence-electron chi connectivity index (χ0n) is 24.7. The molecule has 1 aromatic rings. The van der Waals surface area contributed by atoms with Gasteiger partial charge in [0.25, 0.3) is 0 Å². The fraction of sp³-hybridized carbons (Fsp3) is 0.655. The van der Waals surface area contributed by atoms with E-state index in [1.54, 1.807) is 13.8 Å². The summed E-state index contributed by atoms with van der Waals surface area (Å²) >= 11 is 0. The average Bonchev–Trinajstić information content (AvgIpc) is 3.56. The molecule has 0 radical (unpaired) electrons. The zero-order chi connectivity index (χ0) is 29.6. The van der Waals surface area contributed by atoms with Gasteiger partial charge in [0.15, 0.2) is 23.2 Å². The second kappa shape index (κ2) is 10.3. The van der Waals surface area contributed by atoms with Crippen LogP contribution in [0.4, 0.5) is 0 Å². The lowest BCUT2D eigenvalue weighted by Gasteiger charge is -2.39. The molecular weight excluding hydrogens is 506 g/mol. The van der Waals surface area contributed by atoms with E-state index in [1.165, 1.54) is 7.11 Å². The molecular formula is C29H39NO9. The molecule has 0 saturated carbocycles. The van der Waals surface area contributed by atoms with Crippen LogP contribution >= 0.6 is 0 Å². The summed E-state index contributed by atoms with van der Waals surface area (Å²) in [4.78, 5) is 28.7. The highest BCUT2D eigenvalue weighted by molar-refractivity contribution is 5.86. The van der Waals surface area contributed by atoms with Crippen LogP contribution in [0.3, 0.4) is 0 Å². The smallest absolute Gasteiger partial charge is 0.339 e. The Morgan fingerprint density at radius 1 is 1.21 bits per heavy atom. The highest BCUT2D eigenvalue weighted by Gasteiger charge is 2.59. The summed E-state index contributed by atoms with van der Waals surface area (Å²) in [7, 11) is -0.384. The molecule has 1 saturated heterocycles. The Hall–Kier alpha value is -2.82. The Morgan fingerprint density at radius 3 is 2.69 bits per heavy atom. The van der Waals surface area contributed by atoms with Crippen LogP contribution in [0.2, 0.25) is 0 Å². The molecule has 1 spiro atoms. The third-order valence-corrected chi connectivity index (χ3v) is 8.53. The van der Waals surface area contributed by atoms with Crippen molar-refractivity contribution in [2.45, 2.75) is 87.6 Å². The van der Waals surface area contributed by atoms with E-state index >= 15 is 0 Å². The number of carbonyl (C=O) groups excluding carboxylic acids is 2. The standard InChI is InChI=1S/C29H39NO9/c1-27(2,33)8-5-10-29(34,16-23(31)36-4)26(32)39-25-22(35-3)15-28-9-6-11-30(28)12-7-18-13-20-21(38-17-37-20)14-19(18)24(25)28/h13-15,24-25,33-34H,5-12,16-17H2,1-4H3/t24-,25?,28?,29-/m1/s1/i4D2. The maximum absolute atomic E-state index is 13.8. The first kappa shape index (κ1) is 25.2. The number of rotatable bonds is 9. The number of esters is 2. The first-order chi connectivity index (χ1) is 19.3. The SMILES string of the molecule is [2H]C([2H])OC(=O)C[C@](O)(CCCC(C)(C)O)C(=O)OC1C(OC)=CC23CCCN2CCc2cc4c(cc2[C@H]13)OCO4. The van der Waals surface area contributed by atoms with E-state index in [0.29, 0.717) is 17.3 Å². The number of nitrogens with zero attached hydrogens (tertiary/aromatic N) is 1. The summed E-state index contributed by atoms with van der Waals surface area (Å²) in [6.07, 6.45) is 3.17. The number of methoxy groups -OCH3 is 2. The van der Waals surface area contributed by atoms with Crippen LogP contribution in [-0.4, -0.2) is 84.0 Å². The summed E-state index contributed by atoms with van der Waals surface area (Å²) in [5.74, 6) is -0.713. The molecule has 4 atom stereocenters. The lowest BCUT2D eigenvalue weighted by molar-refractivity contribution is -0.178. The molecule has 39 heavy (non-hydrogen) atoms. The van der Waals surface area contributed by atoms with Crippen molar-refractivity contribution in [3.63, 3.8) is 0 Å². The summed E-state index contributed by atoms with van der Waals surface area (Å²) in [6, 6.07) is 3.94. The first-order valence-corrected chi connectivity index (χ1v) is 13.5. The van der Waals surface area contributed by atoms with Crippen molar-refractivity contribution < 1.29 is 46.2 Å². The zero-order valence-corrected chi connectivity index (χ0v) is 22.7. The van der Waals surface area contributed by atoms with Crippen molar-refractivity contribution >= 4 is 11.9 Å². The lowest BCUT2D eigenvalue weighted by atomic mass is 9.77. The maximum Gasteiger partial charge on any atom is 0.339 e. The molecule has 0 amide bonds. The van der Waals surface area contributed by atoms with Crippen molar-refractivity contribution in [2.24, 2.45) is 0 Å². The maximum atomic E-state index is 13.8. The van der Waals surface area contributed by atoms with Crippen LogP contribution in [0, 0.1) is 0 Å². The number of hydrogen-bond donors (Lipinski definition) is 2. The fourth-order valence-electron chi connectivity index (χ4n) is 6.68. The highest BCUT2D eigenvalue weighted by atomic mass is 16.7. The Balaban J connectivity index is 1.49.